The maximum absolute atomic E-state index is 10.4. The summed E-state index contributed by atoms with van der Waals surface area (Å²) >= 11 is 5.94. The van der Waals surface area contributed by atoms with Crippen molar-refractivity contribution >= 4 is 17.6 Å². The second-order valence-corrected chi connectivity index (χ2v) is 3.96. The normalized spacial score (nSPS) is 14.5. The lowest BCUT2D eigenvalue weighted by atomic mass is 9.84. The average molecular weight is 179 g/mol. The van der Waals surface area contributed by atoms with E-state index in [9.17, 15) is 4.79 Å². The van der Waals surface area contributed by atoms with Gasteiger partial charge >= 0.3 is 5.97 Å². The molecule has 0 saturated carbocycles. The van der Waals surface area contributed by atoms with Gasteiger partial charge in [0.15, 0.2) is 0 Å². The average Bonchev–Trinajstić information content (AvgIpc) is 1.83. The summed E-state index contributed by atoms with van der Waals surface area (Å²) < 4.78 is 0. The Morgan fingerprint density at radius 3 is 2.36 bits per heavy atom. The number of carboxylic acid groups (broad SMARTS) is 1. The number of carbonyl (C=O) groups is 1. The molecule has 0 fully saturated rings. The zero-order valence-electron chi connectivity index (χ0n) is 7.22. The molecule has 0 aromatic rings. The fourth-order valence-electron chi connectivity index (χ4n) is 1.05. The largest absolute Gasteiger partial charge is 0.481 e. The van der Waals surface area contributed by atoms with Crippen LogP contribution in [0.4, 0.5) is 0 Å². The van der Waals surface area contributed by atoms with Gasteiger partial charge in [0.25, 0.3) is 0 Å². The molecule has 0 bridgehead atoms. The zero-order chi connectivity index (χ0) is 9.07. The molecule has 1 atom stereocenters. The van der Waals surface area contributed by atoms with Crippen molar-refractivity contribution in [3.63, 3.8) is 0 Å². The van der Waals surface area contributed by atoms with Crippen molar-refractivity contribution in [1.82, 2.24) is 0 Å². The van der Waals surface area contributed by atoms with Gasteiger partial charge < -0.3 is 5.11 Å². The van der Waals surface area contributed by atoms with Gasteiger partial charge in [0, 0.05) is 5.38 Å². The molecule has 0 spiro atoms. The first-order valence-corrected chi connectivity index (χ1v) is 4.19. The standard InChI is InChI=1S/C8H15ClO2/c1-4-6(9)8(2,3)5-7(10)11/h6H,4-5H2,1-3H3,(H,10,11). The first-order valence-electron chi connectivity index (χ1n) is 3.76. The van der Waals surface area contributed by atoms with Crippen LogP contribution >= 0.6 is 11.6 Å². The van der Waals surface area contributed by atoms with Gasteiger partial charge in [0.1, 0.15) is 0 Å². The predicted molar refractivity (Wildman–Crippen MR) is 46.0 cm³/mol. The first-order chi connectivity index (χ1) is 4.90. The molecule has 0 amide bonds. The Hall–Kier alpha value is -0.240. The third-order valence-electron chi connectivity index (χ3n) is 1.81. The van der Waals surface area contributed by atoms with E-state index < -0.39 is 5.97 Å². The minimum atomic E-state index is -0.783. The van der Waals surface area contributed by atoms with E-state index in [1.165, 1.54) is 0 Å². The second kappa shape index (κ2) is 3.96. The van der Waals surface area contributed by atoms with Gasteiger partial charge in [0.2, 0.25) is 0 Å². The maximum atomic E-state index is 10.4. The van der Waals surface area contributed by atoms with Crippen molar-refractivity contribution in [3.8, 4) is 0 Å². The Balaban J connectivity index is 4.08. The first kappa shape index (κ1) is 10.8. The molecule has 2 nitrogen and oxygen atoms in total. The summed E-state index contributed by atoms with van der Waals surface area (Å²) in [4.78, 5) is 10.4. The highest BCUT2D eigenvalue weighted by Gasteiger charge is 2.28. The number of hydrogen-bond acceptors (Lipinski definition) is 1. The number of carboxylic acids is 1. The summed E-state index contributed by atoms with van der Waals surface area (Å²) in [5, 5.41) is 8.48. The lowest BCUT2D eigenvalue weighted by molar-refractivity contribution is -0.139. The molecule has 3 heteroatoms. The Labute approximate surface area is 72.6 Å². The molecule has 1 N–H and O–H groups in total. The van der Waals surface area contributed by atoms with Crippen molar-refractivity contribution in [3.05, 3.63) is 0 Å². The van der Waals surface area contributed by atoms with E-state index in [2.05, 4.69) is 0 Å². The maximum Gasteiger partial charge on any atom is 0.303 e. The summed E-state index contributed by atoms with van der Waals surface area (Å²) in [6.07, 6.45) is 0.941. The van der Waals surface area contributed by atoms with Gasteiger partial charge in [-0.05, 0) is 11.8 Å². The van der Waals surface area contributed by atoms with Gasteiger partial charge in [-0.2, -0.15) is 0 Å². The highest BCUT2D eigenvalue weighted by Crippen LogP contribution is 2.31. The van der Waals surface area contributed by atoms with Gasteiger partial charge in [-0.3, -0.25) is 4.79 Å². The topological polar surface area (TPSA) is 37.3 Å². The minimum absolute atomic E-state index is 0.0569. The molecule has 0 aromatic heterocycles. The van der Waals surface area contributed by atoms with E-state index in [1.807, 2.05) is 20.8 Å². The molecule has 0 rings (SSSR count). The Morgan fingerprint density at radius 2 is 2.09 bits per heavy atom. The van der Waals surface area contributed by atoms with Crippen LogP contribution in [0.15, 0.2) is 0 Å². The minimum Gasteiger partial charge on any atom is -0.481 e. The molecule has 0 aliphatic carbocycles. The smallest absolute Gasteiger partial charge is 0.303 e. The van der Waals surface area contributed by atoms with E-state index in [4.69, 9.17) is 16.7 Å². The summed E-state index contributed by atoms with van der Waals surface area (Å²) in [6, 6.07) is 0. The van der Waals surface area contributed by atoms with Crippen LogP contribution in [0.2, 0.25) is 0 Å². The fourth-order valence-corrected chi connectivity index (χ4v) is 1.13. The quantitative estimate of drug-likeness (QED) is 0.672. The van der Waals surface area contributed by atoms with Crippen LogP contribution in [-0.4, -0.2) is 16.5 Å². The predicted octanol–water partition coefficient (Wildman–Crippen LogP) is 2.50. The van der Waals surface area contributed by atoms with Crippen LogP contribution in [-0.2, 0) is 4.79 Å². The zero-order valence-corrected chi connectivity index (χ0v) is 7.98. The molecular weight excluding hydrogens is 164 g/mol. The van der Waals surface area contributed by atoms with Crippen molar-refractivity contribution < 1.29 is 9.90 Å². The molecule has 0 aliphatic heterocycles. The lowest BCUT2D eigenvalue weighted by Crippen LogP contribution is -2.27. The molecule has 0 aliphatic rings. The van der Waals surface area contributed by atoms with Crippen LogP contribution in [0.25, 0.3) is 0 Å². The molecule has 0 heterocycles. The molecule has 0 aromatic carbocycles. The Morgan fingerprint density at radius 1 is 1.64 bits per heavy atom. The van der Waals surface area contributed by atoms with Crippen LogP contribution in [0.5, 0.6) is 0 Å². The number of hydrogen-bond donors (Lipinski definition) is 1. The highest BCUT2D eigenvalue weighted by atomic mass is 35.5. The third-order valence-corrected chi connectivity index (χ3v) is 2.71. The van der Waals surface area contributed by atoms with Gasteiger partial charge in [0.05, 0.1) is 6.42 Å². The van der Waals surface area contributed by atoms with E-state index >= 15 is 0 Å². The second-order valence-electron chi connectivity index (χ2n) is 3.43. The van der Waals surface area contributed by atoms with E-state index in [-0.39, 0.29) is 17.2 Å². The lowest BCUT2D eigenvalue weighted by Gasteiger charge is -2.27. The molecule has 11 heavy (non-hydrogen) atoms. The summed E-state index contributed by atoms with van der Waals surface area (Å²) in [7, 11) is 0. The third kappa shape index (κ3) is 3.61. The summed E-state index contributed by atoms with van der Waals surface area (Å²) in [5.74, 6) is -0.783. The molecule has 1 unspecified atom stereocenters. The SMILES string of the molecule is CCC(Cl)C(C)(C)CC(=O)O. The summed E-state index contributed by atoms with van der Waals surface area (Å²) in [6.45, 7) is 5.71. The molecule has 66 valence electrons. The van der Waals surface area contributed by atoms with Crippen molar-refractivity contribution in [2.45, 2.75) is 39.0 Å². The van der Waals surface area contributed by atoms with E-state index in [1.54, 1.807) is 0 Å². The number of rotatable bonds is 4. The number of alkyl halides is 1. The molecule has 0 saturated heterocycles. The van der Waals surface area contributed by atoms with Crippen molar-refractivity contribution in [1.29, 1.82) is 0 Å². The van der Waals surface area contributed by atoms with Gasteiger partial charge in [-0.25, -0.2) is 0 Å². The van der Waals surface area contributed by atoms with E-state index in [0.717, 1.165) is 6.42 Å². The van der Waals surface area contributed by atoms with E-state index in [0.29, 0.717) is 0 Å². The van der Waals surface area contributed by atoms with Crippen LogP contribution < -0.4 is 0 Å². The summed E-state index contributed by atoms with van der Waals surface area (Å²) in [5.41, 5.74) is -0.303. The molecular formula is C8H15ClO2. The highest BCUT2D eigenvalue weighted by molar-refractivity contribution is 6.21. The molecule has 0 radical (unpaired) electrons. The van der Waals surface area contributed by atoms with Crippen molar-refractivity contribution in [2.75, 3.05) is 0 Å². The van der Waals surface area contributed by atoms with Crippen LogP contribution in [0.3, 0.4) is 0 Å². The number of aliphatic carboxylic acids is 1. The monoisotopic (exact) mass is 178 g/mol. The fraction of sp³-hybridized carbons (Fsp3) is 0.875. The van der Waals surface area contributed by atoms with Gasteiger partial charge in [-0.1, -0.05) is 20.8 Å². The van der Waals surface area contributed by atoms with Gasteiger partial charge in [-0.15, -0.1) is 11.6 Å². The number of halogens is 1. The Bertz CT molecular complexity index is 143. The van der Waals surface area contributed by atoms with Crippen LogP contribution in [0, 0.1) is 5.41 Å². The van der Waals surface area contributed by atoms with Crippen LogP contribution in [0.1, 0.15) is 33.6 Å². The van der Waals surface area contributed by atoms with Crippen molar-refractivity contribution in [2.24, 2.45) is 5.41 Å². The Kier molecular flexibility index (Phi) is 3.87.